The van der Waals surface area contributed by atoms with Crippen LogP contribution in [0, 0.1) is 0 Å². The Hall–Kier alpha value is -1.84. The number of rotatable bonds is 2. The molecule has 3 nitrogen and oxygen atoms in total. The molecule has 0 bridgehead atoms. The van der Waals surface area contributed by atoms with Gasteiger partial charge < -0.3 is 5.32 Å². The second kappa shape index (κ2) is 4.16. The van der Waals surface area contributed by atoms with Crippen molar-refractivity contribution in [3.63, 3.8) is 0 Å². The van der Waals surface area contributed by atoms with Gasteiger partial charge in [-0.05, 0) is 30.2 Å². The van der Waals surface area contributed by atoms with Crippen LogP contribution in [-0.2, 0) is 12.0 Å². The van der Waals surface area contributed by atoms with E-state index in [1.54, 1.807) is 5.56 Å². The predicted octanol–water partition coefficient (Wildman–Crippen LogP) is 2.65. The van der Waals surface area contributed by atoms with Crippen molar-refractivity contribution in [2.24, 2.45) is 0 Å². The van der Waals surface area contributed by atoms with Gasteiger partial charge in [0.1, 0.15) is 0 Å². The van der Waals surface area contributed by atoms with Gasteiger partial charge in [-0.25, -0.2) is 0 Å². The van der Waals surface area contributed by atoms with Crippen LogP contribution in [0.1, 0.15) is 17.5 Å². The van der Waals surface area contributed by atoms with Gasteiger partial charge in [-0.2, -0.15) is 0 Å². The molecule has 0 aliphatic carbocycles. The largest absolute Gasteiger partial charge is 0.369 e. The zero-order valence-corrected chi connectivity index (χ0v) is 13.2. The Morgan fingerprint density at radius 3 is 2.78 bits per heavy atom. The fourth-order valence-electron chi connectivity index (χ4n) is 5.68. The Labute approximate surface area is 136 Å². The van der Waals surface area contributed by atoms with Crippen molar-refractivity contribution in [2.45, 2.75) is 36.6 Å². The molecule has 0 saturated carbocycles. The molecule has 6 rings (SSSR count). The third-order valence-electron chi connectivity index (χ3n) is 6.56. The number of anilines is 1. The standard InChI is InChI=1S/C20H21N3/c1-2-6-14(7-3-1)12-22-11-10-20-15-8-4-5-9-16(15)21-19(20)23-13-17(23)18(20)22/h1-9,17-19,21H,10-13H2/t17-,18+,19+,20-,23?/m1/s1. The highest BCUT2D eigenvalue weighted by atomic mass is 15.5. The van der Waals surface area contributed by atoms with Gasteiger partial charge in [-0.15, -0.1) is 0 Å². The Morgan fingerprint density at radius 2 is 1.87 bits per heavy atom. The van der Waals surface area contributed by atoms with Crippen molar-refractivity contribution in [3.8, 4) is 0 Å². The van der Waals surface area contributed by atoms with Gasteiger partial charge in [-0.1, -0.05) is 48.5 Å². The van der Waals surface area contributed by atoms with E-state index >= 15 is 0 Å². The third-order valence-corrected chi connectivity index (χ3v) is 6.56. The Balaban J connectivity index is 1.42. The molecule has 3 heteroatoms. The summed E-state index contributed by atoms with van der Waals surface area (Å²) in [5.41, 5.74) is 4.69. The van der Waals surface area contributed by atoms with Crippen LogP contribution in [0.25, 0.3) is 0 Å². The van der Waals surface area contributed by atoms with Crippen molar-refractivity contribution >= 4 is 5.69 Å². The zero-order valence-electron chi connectivity index (χ0n) is 13.2. The molecule has 2 aromatic rings. The minimum Gasteiger partial charge on any atom is -0.369 e. The van der Waals surface area contributed by atoms with Crippen LogP contribution >= 0.6 is 0 Å². The van der Waals surface area contributed by atoms with E-state index in [0.717, 1.165) is 12.6 Å². The molecule has 4 aliphatic heterocycles. The Bertz CT molecular complexity index is 773. The zero-order chi connectivity index (χ0) is 15.0. The van der Waals surface area contributed by atoms with Gasteiger partial charge in [0.15, 0.2) is 0 Å². The minimum atomic E-state index is 0.314. The number of likely N-dealkylation sites (tertiary alicyclic amines) is 1. The van der Waals surface area contributed by atoms with Gasteiger partial charge in [0.05, 0.1) is 6.17 Å². The van der Waals surface area contributed by atoms with Crippen LogP contribution in [0.3, 0.4) is 0 Å². The fourth-order valence-corrected chi connectivity index (χ4v) is 5.68. The Kier molecular flexibility index (Phi) is 2.27. The molecule has 0 radical (unpaired) electrons. The van der Waals surface area contributed by atoms with E-state index in [1.165, 1.54) is 30.8 Å². The maximum atomic E-state index is 3.83. The molecule has 3 saturated heterocycles. The second-order valence-electron chi connectivity index (χ2n) is 7.55. The van der Waals surface area contributed by atoms with E-state index in [0.29, 0.717) is 17.6 Å². The number of hydrogen-bond acceptors (Lipinski definition) is 3. The summed E-state index contributed by atoms with van der Waals surface area (Å²) >= 11 is 0. The van der Waals surface area contributed by atoms with Crippen molar-refractivity contribution in [1.82, 2.24) is 9.80 Å². The Morgan fingerprint density at radius 1 is 1.04 bits per heavy atom. The lowest BCUT2D eigenvalue weighted by molar-refractivity contribution is 0.214. The lowest BCUT2D eigenvalue weighted by Crippen LogP contribution is -2.48. The number of hydrogen-bond donors (Lipinski definition) is 1. The van der Waals surface area contributed by atoms with Crippen LogP contribution in [0.4, 0.5) is 5.69 Å². The lowest BCUT2D eigenvalue weighted by atomic mass is 9.74. The number of nitrogens with one attached hydrogen (secondary N) is 1. The van der Waals surface area contributed by atoms with Gasteiger partial charge in [0.25, 0.3) is 0 Å². The topological polar surface area (TPSA) is 18.3 Å². The fraction of sp³-hybridized carbons (Fsp3) is 0.400. The molecular weight excluding hydrogens is 282 g/mol. The van der Waals surface area contributed by atoms with E-state index < -0.39 is 0 Å². The summed E-state index contributed by atoms with van der Waals surface area (Å²) in [7, 11) is 0. The average molecular weight is 303 g/mol. The summed E-state index contributed by atoms with van der Waals surface area (Å²) < 4.78 is 0. The maximum Gasteiger partial charge on any atom is 0.0913 e. The van der Waals surface area contributed by atoms with Crippen LogP contribution < -0.4 is 5.32 Å². The van der Waals surface area contributed by atoms with Crippen LogP contribution in [-0.4, -0.2) is 41.1 Å². The first-order chi connectivity index (χ1) is 11.4. The molecule has 0 aromatic heterocycles. The summed E-state index contributed by atoms with van der Waals surface area (Å²) in [5, 5.41) is 3.83. The monoisotopic (exact) mass is 303 g/mol. The van der Waals surface area contributed by atoms with Crippen molar-refractivity contribution in [3.05, 3.63) is 65.7 Å². The van der Waals surface area contributed by atoms with Crippen LogP contribution in [0.2, 0.25) is 0 Å². The van der Waals surface area contributed by atoms with E-state index in [2.05, 4.69) is 69.7 Å². The number of para-hydroxylation sites is 1. The predicted molar refractivity (Wildman–Crippen MR) is 91.3 cm³/mol. The van der Waals surface area contributed by atoms with Crippen molar-refractivity contribution < 1.29 is 0 Å². The third kappa shape index (κ3) is 1.47. The van der Waals surface area contributed by atoms with E-state index in [9.17, 15) is 0 Å². The van der Waals surface area contributed by atoms with Crippen LogP contribution in [0.15, 0.2) is 54.6 Å². The highest BCUT2D eigenvalue weighted by Gasteiger charge is 2.72. The molecule has 4 aliphatic rings. The summed E-state index contributed by atoms with van der Waals surface area (Å²) in [6.07, 6.45) is 1.81. The van der Waals surface area contributed by atoms with E-state index in [1.807, 2.05) is 0 Å². The number of benzene rings is 2. The molecular formula is C20H21N3. The number of piperidine rings is 1. The molecule has 116 valence electrons. The van der Waals surface area contributed by atoms with Crippen molar-refractivity contribution in [2.75, 3.05) is 18.4 Å². The lowest BCUT2D eigenvalue weighted by Gasteiger charge is -2.34. The molecule has 5 atom stereocenters. The van der Waals surface area contributed by atoms with Crippen LogP contribution in [0.5, 0.6) is 0 Å². The number of fused-ring (bicyclic) bond motifs is 4. The quantitative estimate of drug-likeness (QED) is 0.860. The first-order valence-corrected chi connectivity index (χ1v) is 8.78. The normalized spacial score (nSPS) is 39.3. The smallest absolute Gasteiger partial charge is 0.0913 e. The van der Waals surface area contributed by atoms with E-state index in [-0.39, 0.29) is 0 Å². The minimum absolute atomic E-state index is 0.314. The van der Waals surface area contributed by atoms with Gasteiger partial charge in [0.2, 0.25) is 0 Å². The highest BCUT2D eigenvalue weighted by molar-refractivity contribution is 5.65. The van der Waals surface area contributed by atoms with Gasteiger partial charge in [0, 0.05) is 36.3 Å². The summed E-state index contributed by atoms with van der Waals surface area (Å²) in [4.78, 5) is 5.44. The highest BCUT2D eigenvalue weighted by Crippen LogP contribution is 2.61. The average Bonchev–Trinajstić information content (AvgIpc) is 3.05. The molecule has 23 heavy (non-hydrogen) atoms. The molecule has 1 unspecified atom stereocenters. The molecule has 0 amide bonds. The number of nitrogens with zero attached hydrogens (tertiary/aromatic N) is 2. The molecule has 2 aromatic carbocycles. The first-order valence-electron chi connectivity index (χ1n) is 8.78. The summed E-state index contributed by atoms with van der Waals surface area (Å²) in [6.45, 7) is 3.58. The summed E-state index contributed by atoms with van der Waals surface area (Å²) in [6, 6.07) is 21.4. The molecule has 4 heterocycles. The van der Waals surface area contributed by atoms with Gasteiger partial charge >= 0.3 is 0 Å². The van der Waals surface area contributed by atoms with Gasteiger partial charge in [-0.3, -0.25) is 9.80 Å². The SMILES string of the molecule is c1ccc(CN2CC[C@]34c5ccccc5N[C@H]3N3C[C@@H]3[C@H]24)cc1. The van der Waals surface area contributed by atoms with Crippen molar-refractivity contribution in [1.29, 1.82) is 0 Å². The maximum absolute atomic E-state index is 3.83. The second-order valence-corrected chi connectivity index (χ2v) is 7.55. The van der Waals surface area contributed by atoms with E-state index in [4.69, 9.17) is 0 Å². The molecule has 1 N–H and O–H groups in total. The first kappa shape index (κ1) is 12.6. The molecule has 1 spiro atoms. The molecule has 3 fully saturated rings. The summed E-state index contributed by atoms with van der Waals surface area (Å²) in [5.74, 6) is 0.